The molecule has 2 N–H and O–H groups in total. The average Bonchev–Trinajstić information content (AvgIpc) is 3.13. The Kier molecular flexibility index (Phi) is 6.01. The summed E-state index contributed by atoms with van der Waals surface area (Å²) in [4.78, 5) is 30.6. The highest BCUT2D eigenvalue weighted by Gasteiger charge is 2.17. The summed E-state index contributed by atoms with van der Waals surface area (Å²) >= 11 is 0. The number of hydrogen-bond acceptors (Lipinski definition) is 5. The van der Waals surface area contributed by atoms with Gasteiger partial charge in [-0.2, -0.15) is 0 Å². The molecule has 32 heavy (non-hydrogen) atoms. The lowest BCUT2D eigenvalue weighted by Crippen LogP contribution is -2.27. The number of aromatic nitrogens is 4. The quantitative estimate of drug-likeness (QED) is 0.468. The number of hydrogen-bond donors (Lipinski definition) is 2. The van der Waals surface area contributed by atoms with E-state index in [1.54, 1.807) is 17.3 Å². The summed E-state index contributed by atoms with van der Waals surface area (Å²) in [6.45, 7) is 6.71. The van der Waals surface area contributed by atoms with E-state index in [0.29, 0.717) is 18.3 Å². The predicted molar refractivity (Wildman–Crippen MR) is 129 cm³/mol. The molecule has 0 radical (unpaired) electrons. The highest BCUT2D eigenvalue weighted by Crippen LogP contribution is 2.37. The Morgan fingerprint density at radius 2 is 1.88 bits per heavy atom. The van der Waals surface area contributed by atoms with Gasteiger partial charge in [-0.1, -0.05) is 19.9 Å². The molecule has 0 saturated heterocycles. The van der Waals surface area contributed by atoms with Crippen molar-refractivity contribution in [3.05, 3.63) is 60.2 Å². The van der Waals surface area contributed by atoms with Gasteiger partial charge in [0.15, 0.2) is 5.82 Å². The summed E-state index contributed by atoms with van der Waals surface area (Å²) in [6.07, 6.45) is 5.14. The molecule has 7 nitrogen and oxygen atoms in total. The zero-order valence-corrected chi connectivity index (χ0v) is 19.1. The van der Waals surface area contributed by atoms with Crippen LogP contribution in [0.1, 0.15) is 31.0 Å². The van der Waals surface area contributed by atoms with E-state index < -0.39 is 0 Å². The number of pyridine rings is 1. The summed E-state index contributed by atoms with van der Waals surface area (Å²) < 4.78 is 0. The minimum atomic E-state index is -0.119. The van der Waals surface area contributed by atoms with Crippen LogP contribution >= 0.6 is 0 Å². The summed E-state index contributed by atoms with van der Waals surface area (Å²) in [5.41, 5.74) is 7.35. The van der Waals surface area contributed by atoms with Crippen molar-refractivity contribution in [2.24, 2.45) is 0 Å². The maximum atomic E-state index is 11.9. The van der Waals surface area contributed by atoms with Crippen LogP contribution in [-0.4, -0.2) is 51.4 Å². The molecule has 4 rings (SSSR count). The van der Waals surface area contributed by atoms with Crippen LogP contribution in [0, 0.1) is 6.92 Å². The van der Waals surface area contributed by atoms with Crippen molar-refractivity contribution in [2.75, 3.05) is 26.0 Å². The molecular weight excluding hydrogens is 400 g/mol. The van der Waals surface area contributed by atoms with Gasteiger partial charge in [0.2, 0.25) is 5.91 Å². The van der Waals surface area contributed by atoms with Gasteiger partial charge in [0.1, 0.15) is 0 Å². The molecule has 0 aliphatic rings. The van der Waals surface area contributed by atoms with Gasteiger partial charge >= 0.3 is 0 Å². The van der Waals surface area contributed by atoms with Crippen molar-refractivity contribution in [2.45, 2.75) is 26.7 Å². The molecule has 3 aromatic heterocycles. The molecule has 7 heteroatoms. The van der Waals surface area contributed by atoms with Gasteiger partial charge in [-0.15, -0.1) is 0 Å². The Labute approximate surface area is 187 Å². The van der Waals surface area contributed by atoms with Crippen molar-refractivity contribution in [1.29, 1.82) is 0 Å². The number of amides is 1. The largest absolute Gasteiger partial charge is 0.354 e. The van der Waals surface area contributed by atoms with Gasteiger partial charge < -0.3 is 15.2 Å². The number of benzene rings is 1. The van der Waals surface area contributed by atoms with Gasteiger partial charge in [0.05, 0.1) is 30.3 Å². The SMILES string of the molecule is Cc1cc(-c2[nH]c3ccc(-c4cnc(NC(=O)CN(C)C)cn4)cc3c2C(C)C)ccn1. The lowest BCUT2D eigenvalue weighted by Gasteiger charge is -2.10. The second-order valence-corrected chi connectivity index (χ2v) is 8.59. The first-order valence-corrected chi connectivity index (χ1v) is 10.7. The maximum absolute atomic E-state index is 11.9. The number of aromatic amines is 1. The number of aryl methyl sites for hydroxylation is 1. The molecule has 4 aromatic rings. The van der Waals surface area contributed by atoms with Gasteiger partial charge in [-0.05, 0) is 56.8 Å². The fourth-order valence-electron chi connectivity index (χ4n) is 3.91. The molecule has 0 spiro atoms. The number of nitrogens with zero attached hydrogens (tertiary/aromatic N) is 4. The Balaban J connectivity index is 1.69. The lowest BCUT2D eigenvalue weighted by atomic mass is 9.95. The highest BCUT2D eigenvalue weighted by molar-refractivity contribution is 5.94. The van der Waals surface area contributed by atoms with Crippen LogP contribution in [0.3, 0.4) is 0 Å². The molecule has 0 fully saturated rings. The van der Waals surface area contributed by atoms with Crippen molar-refractivity contribution in [1.82, 2.24) is 24.8 Å². The molecule has 0 aliphatic heterocycles. The maximum Gasteiger partial charge on any atom is 0.239 e. The van der Waals surface area contributed by atoms with Crippen molar-refractivity contribution < 1.29 is 4.79 Å². The first kappa shape index (κ1) is 21.6. The van der Waals surface area contributed by atoms with Gasteiger partial charge in [-0.3, -0.25) is 14.8 Å². The van der Waals surface area contributed by atoms with E-state index in [4.69, 9.17) is 0 Å². The van der Waals surface area contributed by atoms with E-state index in [9.17, 15) is 4.79 Å². The molecule has 1 amide bonds. The Morgan fingerprint density at radius 3 is 2.53 bits per heavy atom. The lowest BCUT2D eigenvalue weighted by molar-refractivity contribution is -0.116. The zero-order chi connectivity index (χ0) is 22.8. The fraction of sp³-hybridized carbons (Fsp3) is 0.280. The predicted octanol–water partition coefficient (Wildman–Crippen LogP) is 4.62. The summed E-state index contributed by atoms with van der Waals surface area (Å²) in [5, 5.41) is 3.94. The number of carbonyl (C=O) groups excluding carboxylic acids is 1. The zero-order valence-electron chi connectivity index (χ0n) is 19.1. The third kappa shape index (κ3) is 4.53. The van der Waals surface area contributed by atoms with Crippen LogP contribution in [-0.2, 0) is 4.79 Å². The number of nitrogens with one attached hydrogen (secondary N) is 2. The van der Waals surface area contributed by atoms with E-state index in [0.717, 1.165) is 33.7 Å². The molecule has 3 heterocycles. The summed E-state index contributed by atoms with van der Waals surface area (Å²) in [7, 11) is 3.69. The second kappa shape index (κ2) is 8.88. The average molecular weight is 429 g/mol. The molecule has 0 atom stereocenters. The van der Waals surface area contributed by atoms with E-state index in [2.05, 4.69) is 57.3 Å². The number of anilines is 1. The molecule has 164 valence electrons. The smallest absolute Gasteiger partial charge is 0.239 e. The topological polar surface area (TPSA) is 86.8 Å². The number of carbonyl (C=O) groups is 1. The van der Waals surface area contributed by atoms with Crippen LogP contribution in [0.25, 0.3) is 33.4 Å². The molecule has 0 unspecified atom stereocenters. The normalized spacial score (nSPS) is 11.5. The number of rotatable bonds is 6. The molecule has 1 aromatic carbocycles. The first-order valence-electron chi connectivity index (χ1n) is 10.7. The third-order valence-electron chi connectivity index (χ3n) is 5.28. The minimum Gasteiger partial charge on any atom is -0.354 e. The highest BCUT2D eigenvalue weighted by atomic mass is 16.2. The van der Waals surface area contributed by atoms with Gasteiger partial charge in [0, 0.05) is 33.9 Å². The van der Waals surface area contributed by atoms with Crippen molar-refractivity contribution in [3.63, 3.8) is 0 Å². The molecule has 0 bridgehead atoms. The molecule has 0 saturated carbocycles. The summed E-state index contributed by atoms with van der Waals surface area (Å²) in [5.74, 6) is 0.663. The first-order chi connectivity index (χ1) is 15.3. The van der Waals surface area contributed by atoms with E-state index in [-0.39, 0.29) is 5.91 Å². The molecular formula is C25H28N6O. The van der Waals surface area contributed by atoms with Crippen molar-refractivity contribution in [3.8, 4) is 22.5 Å². The minimum absolute atomic E-state index is 0.119. The molecule has 0 aliphatic carbocycles. The number of fused-ring (bicyclic) bond motifs is 1. The fourth-order valence-corrected chi connectivity index (χ4v) is 3.91. The number of H-pyrrole nitrogens is 1. The monoisotopic (exact) mass is 428 g/mol. The van der Waals surface area contributed by atoms with E-state index >= 15 is 0 Å². The Hall–Kier alpha value is -3.58. The van der Waals surface area contributed by atoms with Crippen LogP contribution < -0.4 is 5.32 Å². The van der Waals surface area contributed by atoms with Crippen LogP contribution in [0.15, 0.2) is 48.9 Å². The van der Waals surface area contributed by atoms with Gasteiger partial charge in [0.25, 0.3) is 0 Å². The number of likely N-dealkylation sites (N-methyl/N-ethyl adjacent to an activating group) is 1. The van der Waals surface area contributed by atoms with E-state index in [1.807, 2.05) is 39.3 Å². The second-order valence-electron chi connectivity index (χ2n) is 8.59. The Bertz CT molecular complexity index is 1260. The van der Waals surface area contributed by atoms with Crippen LogP contribution in [0.4, 0.5) is 5.82 Å². The van der Waals surface area contributed by atoms with Gasteiger partial charge in [-0.25, -0.2) is 4.98 Å². The summed E-state index contributed by atoms with van der Waals surface area (Å²) in [6, 6.07) is 10.4. The third-order valence-corrected chi connectivity index (χ3v) is 5.28. The van der Waals surface area contributed by atoms with Crippen molar-refractivity contribution >= 4 is 22.6 Å². The van der Waals surface area contributed by atoms with Crippen LogP contribution in [0.5, 0.6) is 0 Å². The van der Waals surface area contributed by atoms with Crippen LogP contribution in [0.2, 0.25) is 0 Å². The van der Waals surface area contributed by atoms with E-state index in [1.165, 1.54) is 10.9 Å². The standard InChI is InChI=1S/C25H28N6O/c1-15(2)24-19-11-17(21-12-28-22(13-27-21)30-23(32)14-31(4)5)6-7-20(19)29-25(24)18-8-9-26-16(3)10-18/h6-13,15,29H,14H2,1-5H3,(H,28,30,32). The Morgan fingerprint density at radius 1 is 1.06 bits per heavy atom.